The van der Waals surface area contributed by atoms with Crippen molar-refractivity contribution in [1.29, 1.82) is 0 Å². The van der Waals surface area contributed by atoms with Gasteiger partial charge in [0.25, 0.3) is 0 Å². The maximum atomic E-state index is 10.5. The van der Waals surface area contributed by atoms with Crippen molar-refractivity contribution >= 4 is 11.6 Å². The topological polar surface area (TPSA) is 59.8 Å². The lowest BCUT2D eigenvalue weighted by molar-refractivity contribution is 0.102. The van der Waals surface area contributed by atoms with E-state index in [1.54, 1.807) is 11.8 Å². The Bertz CT molecular complexity index is 1070. The van der Waals surface area contributed by atoms with Crippen LogP contribution in [0.3, 0.4) is 0 Å². The molecule has 7 heteroatoms. The van der Waals surface area contributed by atoms with Gasteiger partial charge in [-0.15, -0.1) is 6.58 Å². The number of nitrogens with zero attached hydrogens (tertiary/aromatic N) is 3. The molecule has 0 radical (unpaired) electrons. The Hall–Kier alpha value is -2.80. The fourth-order valence-corrected chi connectivity index (χ4v) is 4.02. The predicted octanol–water partition coefficient (Wildman–Crippen LogP) is 6.17. The number of halogens is 1. The van der Waals surface area contributed by atoms with Crippen LogP contribution in [0.1, 0.15) is 37.4 Å². The van der Waals surface area contributed by atoms with Gasteiger partial charge in [-0.2, -0.15) is 5.10 Å². The van der Waals surface area contributed by atoms with E-state index >= 15 is 0 Å². The van der Waals surface area contributed by atoms with Crippen molar-refractivity contribution in [2.45, 2.75) is 45.8 Å². The molecule has 0 aliphatic rings. The first-order valence-electron chi connectivity index (χ1n) is 11.6. The lowest BCUT2D eigenvalue weighted by atomic mass is 10.1. The van der Waals surface area contributed by atoms with Crippen molar-refractivity contribution in [3.05, 3.63) is 77.5 Å². The van der Waals surface area contributed by atoms with Crippen molar-refractivity contribution in [2.24, 2.45) is 0 Å². The van der Waals surface area contributed by atoms with E-state index in [1.807, 2.05) is 61.5 Å². The van der Waals surface area contributed by atoms with Crippen molar-refractivity contribution in [3.63, 3.8) is 0 Å². The second kappa shape index (κ2) is 12.6. The number of benzene rings is 2. The minimum Gasteiger partial charge on any atom is -0.497 e. The molecule has 6 nitrogen and oxygen atoms in total. The van der Waals surface area contributed by atoms with Crippen LogP contribution in [-0.2, 0) is 6.54 Å². The molecule has 34 heavy (non-hydrogen) atoms. The number of rotatable bonds is 13. The highest BCUT2D eigenvalue weighted by atomic mass is 35.5. The van der Waals surface area contributed by atoms with Crippen molar-refractivity contribution < 1.29 is 14.6 Å². The number of aliphatic hydroxyl groups excluding tert-OH is 1. The molecule has 1 atom stereocenters. The molecule has 182 valence electrons. The summed E-state index contributed by atoms with van der Waals surface area (Å²) in [5.41, 5.74) is 2.66. The average molecular weight is 484 g/mol. The van der Waals surface area contributed by atoms with E-state index in [1.165, 1.54) is 0 Å². The summed E-state index contributed by atoms with van der Waals surface area (Å²) in [6, 6.07) is 15.0. The van der Waals surface area contributed by atoms with Crippen LogP contribution in [0.4, 0.5) is 0 Å². The molecule has 0 saturated carbocycles. The monoisotopic (exact) mass is 483 g/mol. The molecule has 0 fully saturated rings. The van der Waals surface area contributed by atoms with Gasteiger partial charge in [-0.25, -0.2) is 4.68 Å². The van der Waals surface area contributed by atoms with Crippen LogP contribution in [0.25, 0.3) is 5.69 Å². The summed E-state index contributed by atoms with van der Waals surface area (Å²) in [6.45, 7) is 9.92. The number of hydrogen-bond acceptors (Lipinski definition) is 5. The van der Waals surface area contributed by atoms with Crippen LogP contribution in [0, 0.1) is 6.92 Å². The maximum absolute atomic E-state index is 10.5. The molecule has 1 heterocycles. The van der Waals surface area contributed by atoms with Crippen LogP contribution < -0.4 is 9.47 Å². The Balaban J connectivity index is 1.97. The summed E-state index contributed by atoms with van der Waals surface area (Å²) in [7, 11) is 1.64. The van der Waals surface area contributed by atoms with Crippen LogP contribution in [0.15, 0.2) is 61.2 Å². The second-order valence-corrected chi connectivity index (χ2v) is 8.73. The van der Waals surface area contributed by atoms with Gasteiger partial charge in [-0.1, -0.05) is 30.7 Å². The molecular formula is C27H34ClN3O3. The van der Waals surface area contributed by atoms with Crippen LogP contribution in [0.5, 0.6) is 17.4 Å². The van der Waals surface area contributed by atoms with Gasteiger partial charge >= 0.3 is 0 Å². The minimum absolute atomic E-state index is 0.418. The highest BCUT2D eigenvalue weighted by Crippen LogP contribution is 2.33. The zero-order valence-electron chi connectivity index (χ0n) is 20.2. The largest absolute Gasteiger partial charge is 0.497 e. The average Bonchev–Trinajstić information content (AvgIpc) is 3.13. The molecule has 1 N–H and O–H groups in total. The molecule has 0 bridgehead atoms. The SMILES string of the molecule is C=CCC[C@H](O)CN(CCC)Cc1c(C)nn(-c2cccc(Cl)c2)c1Oc1ccc(OC)cc1. The Morgan fingerprint density at radius 1 is 1.21 bits per heavy atom. The van der Waals surface area contributed by atoms with Crippen LogP contribution in [-0.4, -0.2) is 46.1 Å². The van der Waals surface area contributed by atoms with E-state index in [9.17, 15) is 5.11 Å². The first-order chi connectivity index (χ1) is 16.4. The van der Waals surface area contributed by atoms with E-state index in [0.717, 1.165) is 42.1 Å². The molecular weight excluding hydrogens is 450 g/mol. The summed E-state index contributed by atoms with van der Waals surface area (Å²) < 4.78 is 13.5. The van der Waals surface area contributed by atoms with Gasteiger partial charge < -0.3 is 14.6 Å². The van der Waals surface area contributed by atoms with E-state index in [4.69, 9.17) is 26.2 Å². The normalized spacial score (nSPS) is 12.1. The van der Waals surface area contributed by atoms with Gasteiger partial charge in [-0.05, 0) is 75.2 Å². The number of aryl methyl sites for hydroxylation is 1. The van der Waals surface area contributed by atoms with Gasteiger partial charge in [0, 0.05) is 18.1 Å². The van der Waals surface area contributed by atoms with Gasteiger partial charge in [-0.3, -0.25) is 4.90 Å². The van der Waals surface area contributed by atoms with Crippen molar-refractivity contribution in [3.8, 4) is 23.1 Å². The smallest absolute Gasteiger partial charge is 0.227 e. The molecule has 0 saturated heterocycles. The highest BCUT2D eigenvalue weighted by Gasteiger charge is 2.22. The van der Waals surface area contributed by atoms with E-state index < -0.39 is 6.10 Å². The number of hydrogen-bond donors (Lipinski definition) is 1. The molecule has 0 amide bonds. The third-order valence-corrected chi connectivity index (χ3v) is 5.79. The molecule has 0 aliphatic carbocycles. The summed E-state index contributed by atoms with van der Waals surface area (Å²) in [4.78, 5) is 2.25. The molecule has 3 rings (SSSR count). The fraction of sp³-hybridized carbons (Fsp3) is 0.370. The summed E-state index contributed by atoms with van der Waals surface area (Å²) >= 11 is 6.27. The summed E-state index contributed by atoms with van der Waals surface area (Å²) in [6.07, 6.45) is 3.88. The Labute approximate surface area is 207 Å². The number of methoxy groups -OCH3 is 1. The van der Waals surface area contributed by atoms with Gasteiger partial charge in [0.1, 0.15) is 11.5 Å². The molecule has 3 aromatic rings. The van der Waals surface area contributed by atoms with Gasteiger partial charge in [0.05, 0.1) is 30.2 Å². The van der Waals surface area contributed by atoms with Crippen LogP contribution >= 0.6 is 11.6 Å². The first kappa shape index (κ1) is 25.8. The third kappa shape index (κ3) is 6.86. The maximum Gasteiger partial charge on any atom is 0.227 e. The second-order valence-electron chi connectivity index (χ2n) is 8.29. The molecule has 0 spiro atoms. The minimum atomic E-state index is -0.418. The van der Waals surface area contributed by atoms with Crippen LogP contribution in [0.2, 0.25) is 5.02 Å². The van der Waals surface area contributed by atoms with Gasteiger partial charge in [0.2, 0.25) is 5.88 Å². The standard InChI is InChI=1S/C27H34ClN3O3/c1-5-7-11-23(32)18-30(16-6-2)19-26-20(3)29-31(22-10-8-9-21(28)17-22)27(26)34-25-14-12-24(33-4)13-15-25/h5,8-10,12-15,17,23,32H,1,6-7,11,16,18-19H2,2-4H3/t23-/m0/s1. The highest BCUT2D eigenvalue weighted by molar-refractivity contribution is 6.30. The summed E-state index contributed by atoms with van der Waals surface area (Å²) in [5.74, 6) is 2.07. The number of allylic oxidation sites excluding steroid dienone is 1. The molecule has 2 aromatic carbocycles. The first-order valence-corrected chi connectivity index (χ1v) is 12.0. The summed E-state index contributed by atoms with van der Waals surface area (Å²) in [5, 5.41) is 15.9. The van der Waals surface area contributed by atoms with Gasteiger partial charge in [0.15, 0.2) is 0 Å². The van der Waals surface area contributed by atoms with E-state index in [0.29, 0.717) is 36.2 Å². The van der Waals surface area contributed by atoms with Crippen molar-refractivity contribution in [2.75, 3.05) is 20.2 Å². The third-order valence-electron chi connectivity index (χ3n) is 5.56. The lowest BCUT2D eigenvalue weighted by Crippen LogP contribution is -2.33. The number of aliphatic hydroxyl groups is 1. The lowest BCUT2D eigenvalue weighted by Gasteiger charge is -2.25. The van der Waals surface area contributed by atoms with E-state index in [-0.39, 0.29) is 0 Å². The molecule has 1 aromatic heterocycles. The zero-order chi connectivity index (χ0) is 24.5. The molecule has 0 aliphatic heterocycles. The predicted molar refractivity (Wildman–Crippen MR) is 137 cm³/mol. The Kier molecular flexibility index (Phi) is 9.57. The Morgan fingerprint density at radius 2 is 1.94 bits per heavy atom. The number of aromatic nitrogens is 2. The quantitative estimate of drug-likeness (QED) is 0.294. The number of ether oxygens (including phenoxy) is 2. The zero-order valence-corrected chi connectivity index (χ0v) is 21.0. The van der Waals surface area contributed by atoms with E-state index in [2.05, 4.69) is 18.4 Å². The van der Waals surface area contributed by atoms with Crippen molar-refractivity contribution in [1.82, 2.24) is 14.7 Å². The molecule has 0 unspecified atom stereocenters. The fourth-order valence-electron chi connectivity index (χ4n) is 3.84. The Morgan fingerprint density at radius 3 is 2.59 bits per heavy atom.